The normalized spacial score (nSPS) is 11.1. The highest BCUT2D eigenvalue weighted by Crippen LogP contribution is 2.17. The van der Waals surface area contributed by atoms with E-state index < -0.39 is 0 Å². The Morgan fingerprint density at radius 3 is 1.33 bits per heavy atom. The van der Waals surface area contributed by atoms with Gasteiger partial charge in [-0.1, -0.05) is 59.7 Å². The lowest BCUT2D eigenvalue weighted by Crippen LogP contribution is -1.84. The van der Waals surface area contributed by atoms with E-state index in [4.69, 9.17) is 0 Å². The van der Waals surface area contributed by atoms with E-state index in [2.05, 4.69) is 76.2 Å². The van der Waals surface area contributed by atoms with Crippen LogP contribution < -0.4 is 0 Å². The molecule has 0 unspecified atom stereocenters. The molecule has 0 N–H and O–H groups in total. The zero-order valence-electron chi connectivity index (χ0n) is 11.6. The average molecular weight is 236 g/mol. The first-order valence-electron chi connectivity index (χ1n) is 6.39. The topological polar surface area (TPSA) is 0 Å². The van der Waals surface area contributed by atoms with Crippen LogP contribution in [-0.4, -0.2) is 0 Å². The number of aryl methyl sites for hydroxylation is 4. The molecule has 0 heterocycles. The Labute approximate surface area is 110 Å². The molecule has 0 saturated carbocycles. The molecule has 2 rings (SSSR count). The number of hydrogen-bond donors (Lipinski definition) is 0. The first-order chi connectivity index (χ1) is 8.56. The maximum absolute atomic E-state index is 2.22. The lowest BCUT2D eigenvalue weighted by atomic mass is 10.0. The van der Waals surface area contributed by atoms with Gasteiger partial charge in [-0.2, -0.15) is 0 Å². The fourth-order valence-electron chi connectivity index (χ4n) is 2.20. The Morgan fingerprint density at radius 2 is 1.00 bits per heavy atom. The third-order valence-corrected chi connectivity index (χ3v) is 3.29. The quantitative estimate of drug-likeness (QED) is 0.637. The third-order valence-electron chi connectivity index (χ3n) is 3.29. The van der Waals surface area contributed by atoms with Crippen molar-refractivity contribution in [2.24, 2.45) is 0 Å². The number of hydrogen-bond acceptors (Lipinski definition) is 0. The highest BCUT2D eigenvalue weighted by atomic mass is 14.0. The van der Waals surface area contributed by atoms with Crippen LogP contribution in [0.1, 0.15) is 33.4 Å². The van der Waals surface area contributed by atoms with E-state index in [1.165, 1.54) is 33.4 Å². The molecule has 0 aliphatic rings. The Hall–Kier alpha value is -1.82. The molecule has 0 fully saturated rings. The van der Waals surface area contributed by atoms with Crippen LogP contribution in [-0.2, 0) is 0 Å². The largest absolute Gasteiger partial charge is 0.0587 e. The Bertz CT molecular complexity index is 535. The van der Waals surface area contributed by atoms with Gasteiger partial charge in [0.05, 0.1) is 0 Å². The molecule has 0 amide bonds. The van der Waals surface area contributed by atoms with Crippen LogP contribution in [0.25, 0.3) is 12.2 Å². The Morgan fingerprint density at radius 1 is 0.611 bits per heavy atom. The van der Waals surface area contributed by atoms with Gasteiger partial charge in [0.15, 0.2) is 0 Å². The van der Waals surface area contributed by atoms with Gasteiger partial charge in [-0.25, -0.2) is 0 Å². The summed E-state index contributed by atoms with van der Waals surface area (Å²) < 4.78 is 0. The molecule has 0 spiro atoms. The van der Waals surface area contributed by atoms with Crippen LogP contribution in [0, 0.1) is 27.7 Å². The van der Waals surface area contributed by atoms with Crippen LogP contribution >= 0.6 is 0 Å². The lowest BCUT2D eigenvalue weighted by molar-refractivity contribution is 1.36. The lowest BCUT2D eigenvalue weighted by Gasteiger charge is -2.04. The summed E-state index contributed by atoms with van der Waals surface area (Å²) in [6.45, 7) is 8.58. The van der Waals surface area contributed by atoms with Gasteiger partial charge < -0.3 is 0 Å². The molecule has 0 heteroatoms. The summed E-state index contributed by atoms with van der Waals surface area (Å²) >= 11 is 0. The minimum Gasteiger partial charge on any atom is -0.0587 e. The zero-order valence-corrected chi connectivity index (χ0v) is 11.6. The van der Waals surface area contributed by atoms with Gasteiger partial charge in [0, 0.05) is 0 Å². The van der Waals surface area contributed by atoms with Crippen molar-refractivity contribution < 1.29 is 0 Å². The zero-order chi connectivity index (χ0) is 13.1. The molecule has 0 saturated heterocycles. The molecule has 92 valence electrons. The molecule has 0 radical (unpaired) electrons. The predicted molar refractivity (Wildman–Crippen MR) is 80.8 cm³/mol. The van der Waals surface area contributed by atoms with Crippen molar-refractivity contribution in [1.29, 1.82) is 0 Å². The van der Waals surface area contributed by atoms with E-state index in [-0.39, 0.29) is 0 Å². The van der Waals surface area contributed by atoms with Crippen LogP contribution in [0.2, 0.25) is 0 Å². The minimum absolute atomic E-state index is 1.29. The highest BCUT2D eigenvalue weighted by Gasteiger charge is 1.96. The van der Waals surface area contributed by atoms with Gasteiger partial charge >= 0.3 is 0 Å². The summed E-state index contributed by atoms with van der Waals surface area (Å²) in [7, 11) is 0. The Kier molecular flexibility index (Phi) is 3.66. The van der Waals surface area contributed by atoms with E-state index in [0.29, 0.717) is 0 Å². The van der Waals surface area contributed by atoms with E-state index in [9.17, 15) is 0 Å². The average Bonchev–Trinajstić information content (AvgIpc) is 2.30. The van der Waals surface area contributed by atoms with Gasteiger partial charge in [-0.3, -0.25) is 0 Å². The van der Waals surface area contributed by atoms with Gasteiger partial charge in [0.25, 0.3) is 0 Å². The molecular weight excluding hydrogens is 216 g/mol. The van der Waals surface area contributed by atoms with Crippen molar-refractivity contribution >= 4 is 12.2 Å². The van der Waals surface area contributed by atoms with Gasteiger partial charge in [-0.15, -0.1) is 0 Å². The van der Waals surface area contributed by atoms with Crippen LogP contribution in [0.4, 0.5) is 0 Å². The summed E-state index contributed by atoms with van der Waals surface area (Å²) in [4.78, 5) is 0. The molecule has 0 aliphatic carbocycles. The molecule has 0 aliphatic heterocycles. The summed E-state index contributed by atoms with van der Waals surface area (Å²) in [5, 5.41) is 0. The summed E-state index contributed by atoms with van der Waals surface area (Å²) in [5.74, 6) is 0. The van der Waals surface area contributed by atoms with Gasteiger partial charge in [0.2, 0.25) is 0 Å². The Balaban J connectivity index is 2.30. The van der Waals surface area contributed by atoms with Crippen LogP contribution in [0.5, 0.6) is 0 Å². The molecule has 0 nitrogen and oxygen atoms in total. The number of benzene rings is 2. The smallest absolute Gasteiger partial charge is 0.0227 e. The first-order valence-corrected chi connectivity index (χ1v) is 6.39. The summed E-state index contributed by atoms with van der Waals surface area (Å²) in [6.07, 6.45) is 4.40. The van der Waals surface area contributed by atoms with Crippen molar-refractivity contribution in [2.75, 3.05) is 0 Å². The molecule has 0 aromatic heterocycles. The van der Waals surface area contributed by atoms with E-state index in [1.807, 2.05) is 0 Å². The van der Waals surface area contributed by atoms with E-state index in [1.54, 1.807) is 0 Å². The minimum atomic E-state index is 1.29. The molecule has 0 bridgehead atoms. The highest BCUT2D eigenvalue weighted by molar-refractivity contribution is 5.72. The SMILES string of the molecule is Cc1ccc(/C=C/c2ccc(C)cc2C)c(C)c1. The van der Waals surface area contributed by atoms with Crippen molar-refractivity contribution in [3.63, 3.8) is 0 Å². The monoisotopic (exact) mass is 236 g/mol. The second-order valence-corrected chi connectivity index (χ2v) is 5.05. The predicted octanol–water partition coefficient (Wildman–Crippen LogP) is 5.09. The second kappa shape index (κ2) is 5.22. The summed E-state index contributed by atoms with van der Waals surface area (Å²) in [6, 6.07) is 13.1. The molecule has 18 heavy (non-hydrogen) atoms. The maximum Gasteiger partial charge on any atom is -0.0227 e. The fourth-order valence-corrected chi connectivity index (χ4v) is 2.20. The van der Waals surface area contributed by atoms with Crippen molar-refractivity contribution in [3.8, 4) is 0 Å². The molecule has 2 aromatic rings. The second-order valence-electron chi connectivity index (χ2n) is 5.05. The summed E-state index contributed by atoms with van der Waals surface area (Å²) in [5.41, 5.74) is 7.88. The fraction of sp³-hybridized carbons (Fsp3) is 0.222. The molecule has 0 atom stereocenters. The molecule has 2 aromatic carbocycles. The van der Waals surface area contributed by atoms with E-state index >= 15 is 0 Å². The number of rotatable bonds is 2. The van der Waals surface area contributed by atoms with Crippen molar-refractivity contribution in [3.05, 3.63) is 69.8 Å². The van der Waals surface area contributed by atoms with Gasteiger partial charge in [-0.05, 0) is 49.9 Å². The third kappa shape index (κ3) is 2.89. The standard InChI is InChI=1S/C18H20/c1-13-5-7-17(15(3)11-13)9-10-18-8-6-14(2)12-16(18)4/h5-12H,1-4H3/b10-9+. The maximum atomic E-state index is 2.22. The molecular formula is C18H20. The van der Waals surface area contributed by atoms with Crippen LogP contribution in [0.3, 0.4) is 0 Å². The van der Waals surface area contributed by atoms with Gasteiger partial charge in [0.1, 0.15) is 0 Å². The van der Waals surface area contributed by atoms with Crippen molar-refractivity contribution in [1.82, 2.24) is 0 Å². The van der Waals surface area contributed by atoms with Crippen LogP contribution in [0.15, 0.2) is 36.4 Å². The van der Waals surface area contributed by atoms with Crippen molar-refractivity contribution in [2.45, 2.75) is 27.7 Å². The van der Waals surface area contributed by atoms with E-state index in [0.717, 1.165) is 0 Å². The first kappa shape index (κ1) is 12.6.